The van der Waals surface area contributed by atoms with E-state index >= 15 is 0 Å². The Balaban J connectivity index is 1.23. The lowest BCUT2D eigenvalue weighted by Gasteiger charge is -2.33. The number of pyridine rings is 1. The van der Waals surface area contributed by atoms with Gasteiger partial charge in [0.05, 0.1) is 12.1 Å². The van der Waals surface area contributed by atoms with E-state index in [4.69, 9.17) is 4.74 Å². The molecule has 0 radical (unpaired) electrons. The van der Waals surface area contributed by atoms with Crippen LogP contribution in [0.3, 0.4) is 0 Å². The Labute approximate surface area is 178 Å². The number of nitrogens with one attached hydrogen (secondary N) is 1. The van der Waals surface area contributed by atoms with Gasteiger partial charge in [-0.25, -0.2) is 4.98 Å². The van der Waals surface area contributed by atoms with E-state index in [1.54, 1.807) is 18.5 Å². The number of esters is 1. The molecule has 1 aliphatic heterocycles. The number of amides is 1. The third kappa shape index (κ3) is 5.38. The Hall–Kier alpha value is -2.88. The second-order valence-corrected chi connectivity index (χ2v) is 8.31. The molecule has 1 aromatic carbocycles. The number of carbonyl (C=O) groups excluding carboxylic acids is 2. The Kier molecular flexibility index (Phi) is 6.32. The molecule has 1 amide bonds. The molecule has 0 unspecified atom stereocenters. The second kappa shape index (κ2) is 9.29. The first-order valence-electron chi connectivity index (χ1n) is 9.77. The number of piperazine rings is 1. The smallest absolute Gasteiger partial charge is 0.325 e. The average molecular weight is 426 g/mol. The molecule has 0 spiro atoms. The van der Waals surface area contributed by atoms with Gasteiger partial charge in [0.25, 0.3) is 0 Å². The molecule has 0 bridgehead atoms. The average Bonchev–Trinajstić information content (AvgIpc) is 3.15. The van der Waals surface area contributed by atoms with E-state index in [9.17, 15) is 9.59 Å². The van der Waals surface area contributed by atoms with Gasteiger partial charge in [0.15, 0.2) is 5.13 Å². The lowest BCUT2D eigenvalue weighted by molar-refractivity contribution is -0.136. The molecule has 3 heterocycles. The van der Waals surface area contributed by atoms with Crippen LogP contribution in [0.15, 0.2) is 42.7 Å². The third-order valence-corrected chi connectivity index (χ3v) is 5.74. The molecule has 4 rings (SSSR count). The van der Waals surface area contributed by atoms with Crippen molar-refractivity contribution in [2.45, 2.75) is 13.5 Å². The molecule has 1 N–H and O–H groups in total. The summed E-state index contributed by atoms with van der Waals surface area (Å²) in [4.78, 5) is 37.5. The zero-order valence-corrected chi connectivity index (χ0v) is 17.5. The predicted octanol–water partition coefficient (Wildman–Crippen LogP) is 2.37. The van der Waals surface area contributed by atoms with Crippen molar-refractivity contribution in [2.75, 3.05) is 38.0 Å². The largest absolute Gasteiger partial charge is 0.426 e. The minimum absolute atomic E-state index is 0.114. The summed E-state index contributed by atoms with van der Waals surface area (Å²) in [5.41, 5.74) is 0.874. The number of ether oxygens (including phenoxy) is 1. The van der Waals surface area contributed by atoms with Gasteiger partial charge in [-0.3, -0.25) is 24.4 Å². The van der Waals surface area contributed by atoms with Crippen molar-refractivity contribution in [3.8, 4) is 5.75 Å². The zero-order chi connectivity index (χ0) is 20.9. The van der Waals surface area contributed by atoms with Gasteiger partial charge in [-0.1, -0.05) is 6.07 Å². The van der Waals surface area contributed by atoms with Crippen LogP contribution in [0, 0.1) is 0 Å². The molecule has 30 heavy (non-hydrogen) atoms. The number of rotatable bonds is 6. The number of fused-ring (bicyclic) bond motifs is 1. The molecule has 0 saturated carbocycles. The van der Waals surface area contributed by atoms with E-state index in [0.717, 1.165) is 48.5 Å². The minimum atomic E-state index is -0.255. The summed E-state index contributed by atoms with van der Waals surface area (Å²) in [6, 6.07) is 9.27. The number of nitrogens with zero attached hydrogens (tertiary/aromatic N) is 4. The summed E-state index contributed by atoms with van der Waals surface area (Å²) < 4.78 is 5.52. The van der Waals surface area contributed by atoms with E-state index in [-0.39, 0.29) is 18.4 Å². The number of anilines is 1. The molecule has 9 heteroatoms. The maximum Gasteiger partial charge on any atom is 0.325 e. The van der Waals surface area contributed by atoms with Crippen LogP contribution in [0.1, 0.15) is 11.8 Å². The van der Waals surface area contributed by atoms with E-state index in [1.165, 1.54) is 18.3 Å². The maximum absolute atomic E-state index is 12.3. The van der Waals surface area contributed by atoms with Crippen LogP contribution in [-0.2, 0) is 16.1 Å². The normalized spacial score (nSPS) is 15.2. The highest BCUT2D eigenvalue weighted by molar-refractivity contribution is 7.15. The first-order chi connectivity index (χ1) is 14.5. The van der Waals surface area contributed by atoms with Crippen LogP contribution >= 0.6 is 11.3 Å². The fourth-order valence-electron chi connectivity index (χ4n) is 3.38. The van der Waals surface area contributed by atoms with Crippen molar-refractivity contribution < 1.29 is 14.3 Å². The molecular weight excluding hydrogens is 402 g/mol. The number of benzene rings is 1. The molecule has 2 aromatic heterocycles. The van der Waals surface area contributed by atoms with E-state index < -0.39 is 0 Å². The summed E-state index contributed by atoms with van der Waals surface area (Å²) in [6.45, 7) is 5.86. The SMILES string of the molecule is CC(=O)Nc1ncc(CN2CCN(CC(=O)Oc3ccc4ncccc4c3)CC2)s1. The first-order valence-corrected chi connectivity index (χ1v) is 10.6. The summed E-state index contributed by atoms with van der Waals surface area (Å²) in [6.07, 6.45) is 3.54. The number of carbonyl (C=O) groups is 2. The van der Waals surface area contributed by atoms with Gasteiger partial charge in [-0.2, -0.15) is 0 Å². The number of hydrogen-bond donors (Lipinski definition) is 1. The minimum Gasteiger partial charge on any atom is -0.426 e. The maximum atomic E-state index is 12.3. The van der Waals surface area contributed by atoms with Crippen molar-refractivity contribution in [1.29, 1.82) is 0 Å². The number of hydrogen-bond acceptors (Lipinski definition) is 8. The number of aromatic nitrogens is 2. The zero-order valence-electron chi connectivity index (χ0n) is 16.7. The fraction of sp³-hybridized carbons (Fsp3) is 0.333. The van der Waals surface area contributed by atoms with Crippen molar-refractivity contribution in [1.82, 2.24) is 19.8 Å². The topological polar surface area (TPSA) is 87.7 Å². The molecule has 0 aliphatic carbocycles. The van der Waals surface area contributed by atoms with Gasteiger partial charge >= 0.3 is 5.97 Å². The van der Waals surface area contributed by atoms with Crippen molar-refractivity contribution in [3.63, 3.8) is 0 Å². The summed E-state index contributed by atoms with van der Waals surface area (Å²) in [7, 11) is 0. The van der Waals surface area contributed by atoms with Crippen molar-refractivity contribution in [3.05, 3.63) is 47.6 Å². The molecule has 0 atom stereocenters. The Morgan fingerprint density at radius 1 is 1.13 bits per heavy atom. The van der Waals surface area contributed by atoms with E-state index in [0.29, 0.717) is 10.9 Å². The molecule has 1 aliphatic rings. The van der Waals surface area contributed by atoms with Gasteiger partial charge in [-0.05, 0) is 24.3 Å². The van der Waals surface area contributed by atoms with Crippen LogP contribution in [0.2, 0.25) is 0 Å². The number of thiazole rings is 1. The Morgan fingerprint density at radius 2 is 1.93 bits per heavy atom. The van der Waals surface area contributed by atoms with Crippen LogP contribution in [0.4, 0.5) is 5.13 Å². The summed E-state index contributed by atoms with van der Waals surface area (Å²) >= 11 is 1.49. The van der Waals surface area contributed by atoms with Crippen LogP contribution < -0.4 is 10.1 Å². The monoisotopic (exact) mass is 425 g/mol. The van der Waals surface area contributed by atoms with Gasteiger partial charge in [0, 0.05) is 62.3 Å². The lowest BCUT2D eigenvalue weighted by Crippen LogP contribution is -2.47. The standard InChI is InChI=1S/C21H23N5O3S/c1-15(27)24-21-23-12-18(30-21)13-25-7-9-26(10-8-25)14-20(28)29-17-4-5-19-16(11-17)3-2-6-22-19/h2-6,11-12H,7-10,13-14H2,1H3,(H,23,24,27). The molecule has 1 fully saturated rings. The van der Waals surface area contributed by atoms with Crippen LogP contribution in [-0.4, -0.2) is 64.4 Å². The summed E-state index contributed by atoms with van der Waals surface area (Å²) in [5.74, 6) is 0.171. The lowest BCUT2D eigenvalue weighted by atomic mass is 10.2. The van der Waals surface area contributed by atoms with Gasteiger partial charge in [0.1, 0.15) is 5.75 Å². The molecule has 3 aromatic rings. The van der Waals surface area contributed by atoms with Crippen LogP contribution in [0.5, 0.6) is 5.75 Å². The van der Waals surface area contributed by atoms with Gasteiger partial charge < -0.3 is 10.1 Å². The van der Waals surface area contributed by atoms with Crippen molar-refractivity contribution in [2.24, 2.45) is 0 Å². The Morgan fingerprint density at radius 3 is 2.73 bits per heavy atom. The van der Waals surface area contributed by atoms with E-state index in [2.05, 4.69) is 25.1 Å². The van der Waals surface area contributed by atoms with Crippen molar-refractivity contribution >= 4 is 39.2 Å². The van der Waals surface area contributed by atoms with Gasteiger partial charge in [0.2, 0.25) is 5.91 Å². The highest BCUT2D eigenvalue weighted by Gasteiger charge is 2.20. The molecule has 156 valence electrons. The highest BCUT2D eigenvalue weighted by Crippen LogP contribution is 2.21. The predicted molar refractivity (Wildman–Crippen MR) is 116 cm³/mol. The highest BCUT2D eigenvalue weighted by atomic mass is 32.1. The quantitative estimate of drug-likeness (QED) is 0.479. The van der Waals surface area contributed by atoms with Crippen LogP contribution in [0.25, 0.3) is 10.9 Å². The molecule has 8 nitrogen and oxygen atoms in total. The second-order valence-electron chi connectivity index (χ2n) is 7.20. The molecule has 1 saturated heterocycles. The third-order valence-electron chi connectivity index (χ3n) is 4.84. The van der Waals surface area contributed by atoms with E-state index in [1.807, 2.05) is 24.3 Å². The Bertz CT molecular complexity index is 1050. The summed E-state index contributed by atoms with van der Waals surface area (Å²) in [5, 5.41) is 4.28. The first kappa shape index (κ1) is 20.4. The van der Waals surface area contributed by atoms with Gasteiger partial charge in [-0.15, -0.1) is 11.3 Å². The molecular formula is C21H23N5O3S. The fourth-order valence-corrected chi connectivity index (χ4v) is 4.28.